The Labute approximate surface area is 155 Å². The average molecular weight is 352 g/mol. The number of aromatic amines is 1. The van der Waals surface area contributed by atoms with Gasteiger partial charge in [0.1, 0.15) is 0 Å². The number of aryl methyl sites for hydroxylation is 1. The molecule has 0 radical (unpaired) electrons. The van der Waals surface area contributed by atoms with Gasteiger partial charge in [0.15, 0.2) is 6.29 Å². The minimum atomic E-state index is 0.651. The quantitative estimate of drug-likeness (QED) is 0.403. The van der Waals surface area contributed by atoms with Crippen LogP contribution in [0.3, 0.4) is 0 Å². The summed E-state index contributed by atoms with van der Waals surface area (Å²) in [7, 11) is 3.69. The SMILES string of the molecule is C=Cc1c(C=O)c[nH]c1/C=C\C.CN=C(C)Nc1cc(NC)ccc1C. The third kappa shape index (κ3) is 5.77. The molecule has 0 saturated carbocycles. The van der Waals surface area contributed by atoms with E-state index in [2.05, 4.69) is 52.3 Å². The fraction of sp³-hybridized carbons (Fsp3) is 0.238. The minimum absolute atomic E-state index is 0.651. The molecule has 0 saturated heterocycles. The molecule has 5 heteroatoms. The Morgan fingerprint density at radius 1 is 1.35 bits per heavy atom. The summed E-state index contributed by atoms with van der Waals surface area (Å²) >= 11 is 0. The molecule has 3 N–H and O–H groups in total. The Balaban J connectivity index is 0.000000263. The highest BCUT2D eigenvalue weighted by Gasteiger charge is 2.03. The second-order valence-electron chi connectivity index (χ2n) is 5.61. The predicted molar refractivity (Wildman–Crippen MR) is 114 cm³/mol. The van der Waals surface area contributed by atoms with E-state index >= 15 is 0 Å². The monoisotopic (exact) mass is 352 g/mol. The van der Waals surface area contributed by atoms with E-state index in [4.69, 9.17) is 0 Å². The molecule has 0 aliphatic rings. The van der Waals surface area contributed by atoms with Crippen LogP contribution in [0, 0.1) is 6.92 Å². The highest BCUT2D eigenvalue weighted by atomic mass is 16.1. The van der Waals surface area contributed by atoms with Crippen LogP contribution >= 0.6 is 0 Å². The van der Waals surface area contributed by atoms with Gasteiger partial charge in [-0.25, -0.2) is 0 Å². The molecule has 26 heavy (non-hydrogen) atoms. The molecule has 0 unspecified atom stereocenters. The van der Waals surface area contributed by atoms with Crippen molar-refractivity contribution >= 4 is 35.6 Å². The van der Waals surface area contributed by atoms with Gasteiger partial charge in [-0.2, -0.15) is 0 Å². The number of carbonyl (C=O) groups is 1. The first-order valence-corrected chi connectivity index (χ1v) is 8.41. The van der Waals surface area contributed by atoms with Gasteiger partial charge >= 0.3 is 0 Å². The molecule has 138 valence electrons. The molecule has 0 atom stereocenters. The van der Waals surface area contributed by atoms with Crippen molar-refractivity contribution in [2.45, 2.75) is 20.8 Å². The summed E-state index contributed by atoms with van der Waals surface area (Å²) in [6, 6.07) is 6.21. The van der Waals surface area contributed by atoms with Gasteiger partial charge in [0.25, 0.3) is 0 Å². The Morgan fingerprint density at radius 2 is 2.08 bits per heavy atom. The van der Waals surface area contributed by atoms with E-state index in [1.807, 2.05) is 33.0 Å². The highest BCUT2D eigenvalue weighted by Crippen LogP contribution is 2.19. The van der Waals surface area contributed by atoms with Crippen LogP contribution < -0.4 is 10.6 Å². The number of anilines is 2. The number of aldehydes is 1. The Hall–Kier alpha value is -3.08. The van der Waals surface area contributed by atoms with E-state index in [0.29, 0.717) is 5.56 Å². The van der Waals surface area contributed by atoms with Crippen LogP contribution in [0.15, 0.2) is 42.0 Å². The number of allylic oxidation sites excluding steroid dienone is 1. The number of amidine groups is 1. The number of carbonyl (C=O) groups excluding carboxylic acids is 1. The third-order valence-corrected chi connectivity index (χ3v) is 3.83. The molecule has 2 aromatic rings. The molecule has 5 nitrogen and oxygen atoms in total. The topological polar surface area (TPSA) is 69.3 Å². The number of hydrogen-bond donors (Lipinski definition) is 3. The second kappa shape index (κ2) is 10.7. The Kier molecular flexibility index (Phi) is 8.64. The molecule has 1 aromatic carbocycles. The fourth-order valence-corrected chi connectivity index (χ4v) is 2.26. The van der Waals surface area contributed by atoms with Crippen LogP contribution in [0.5, 0.6) is 0 Å². The van der Waals surface area contributed by atoms with Gasteiger partial charge in [-0.3, -0.25) is 9.79 Å². The maximum atomic E-state index is 10.5. The Morgan fingerprint density at radius 3 is 2.62 bits per heavy atom. The van der Waals surface area contributed by atoms with Gasteiger partial charge in [-0.15, -0.1) is 0 Å². The zero-order chi connectivity index (χ0) is 19.5. The summed E-state index contributed by atoms with van der Waals surface area (Å²) in [5.74, 6) is 0.918. The van der Waals surface area contributed by atoms with Gasteiger partial charge in [0.05, 0.1) is 5.84 Å². The van der Waals surface area contributed by atoms with Crippen molar-refractivity contribution in [3.63, 3.8) is 0 Å². The summed E-state index contributed by atoms with van der Waals surface area (Å²) in [6.45, 7) is 9.59. The number of aliphatic imine (C=N–C) groups is 1. The van der Waals surface area contributed by atoms with Crippen LogP contribution in [-0.2, 0) is 0 Å². The lowest BCUT2D eigenvalue weighted by Crippen LogP contribution is -2.08. The zero-order valence-electron chi connectivity index (χ0n) is 16.2. The number of H-pyrrole nitrogens is 1. The number of aromatic nitrogens is 1. The summed E-state index contributed by atoms with van der Waals surface area (Å²) in [4.78, 5) is 17.6. The molecule has 0 amide bonds. The lowest BCUT2D eigenvalue weighted by molar-refractivity contribution is 0.112. The van der Waals surface area contributed by atoms with E-state index in [1.165, 1.54) is 5.56 Å². The molecule has 0 aliphatic heterocycles. The smallest absolute Gasteiger partial charge is 0.152 e. The highest BCUT2D eigenvalue weighted by molar-refractivity contribution is 5.94. The van der Waals surface area contributed by atoms with Gasteiger partial charge in [-0.1, -0.05) is 24.8 Å². The minimum Gasteiger partial charge on any atom is -0.388 e. The third-order valence-electron chi connectivity index (χ3n) is 3.83. The zero-order valence-corrected chi connectivity index (χ0v) is 16.2. The maximum absolute atomic E-state index is 10.5. The average Bonchev–Trinajstić information content (AvgIpc) is 3.06. The van der Waals surface area contributed by atoms with Crippen molar-refractivity contribution in [1.82, 2.24) is 4.98 Å². The van der Waals surface area contributed by atoms with Crippen molar-refractivity contribution in [2.24, 2.45) is 4.99 Å². The number of nitrogens with one attached hydrogen (secondary N) is 3. The van der Waals surface area contributed by atoms with Crippen molar-refractivity contribution in [1.29, 1.82) is 0 Å². The van der Waals surface area contributed by atoms with E-state index in [0.717, 1.165) is 34.8 Å². The summed E-state index contributed by atoms with van der Waals surface area (Å²) in [6.07, 6.45) is 7.99. The van der Waals surface area contributed by atoms with E-state index in [9.17, 15) is 4.79 Å². The molecule has 1 heterocycles. The Bertz CT molecular complexity index is 800. The molecular formula is C21H28N4O. The summed E-state index contributed by atoms with van der Waals surface area (Å²) in [5, 5.41) is 6.35. The van der Waals surface area contributed by atoms with Crippen molar-refractivity contribution in [3.8, 4) is 0 Å². The van der Waals surface area contributed by atoms with Crippen LogP contribution in [-0.4, -0.2) is 31.2 Å². The molecule has 0 fully saturated rings. The van der Waals surface area contributed by atoms with Crippen LogP contribution in [0.25, 0.3) is 12.2 Å². The first kappa shape index (κ1) is 21.0. The number of hydrogen-bond acceptors (Lipinski definition) is 3. The van der Waals surface area contributed by atoms with Crippen molar-refractivity contribution < 1.29 is 4.79 Å². The molecule has 0 aliphatic carbocycles. The van der Waals surface area contributed by atoms with Gasteiger partial charge in [0, 0.05) is 48.5 Å². The molecular weight excluding hydrogens is 324 g/mol. The van der Waals surface area contributed by atoms with Crippen LogP contribution in [0.4, 0.5) is 11.4 Å². The summed E-state index contributed by atoms with van der Waals surface area (Å²) < 4.78 is 0. The van der Waals surface area contributed by atoms with E-state index in [1.54, 1.807) is 19.3 Å². The van der Waals surface area contributed by atoms with Crippen molar-refractivity contribution in [2.75, 3.05) is 24.7 Å². The van der Waals surface area contributed by atoms with Crippen LogP contribution in [0.2, 0.25) is 0 Å². The number of nitrogens with zero attached hydrogens (tertiary/aromatic N) is 1. The van der Waals surface area contributed by atoms with Gasteiger partial charge in [0.2, 0.25) is 0 Å². The molecule has 0 spiro atoms. The lowest BCUT2D eigenvalue weighted by atomic mass is 10.1. The molecule has 0 bridgehead atoms. The van der Waals surface area contributed by atoms with Gasteiger partial charge < -0.3 is 15.6 Å². The largest absolute Gasteiger partial charge is 0.388 e. The lowest BCUT2D eigenvalue weighted by Gasteiger charge is -2.10. The standard InChI is InChI=1S/C11H17N3.C10H11NO/c1-8-5-6-10(13-4)7-11(8)14-9(2)12-3;1-3-5-10-9(4-2)8(7-12)6-11-10/h5-7,13H,1-4H3,(H,12,14);3-7,11H,2H2,1H3/b;5-3-. The number of benzene rings is 1. The van der Waals surface area contributed by atoms with E-state index in [-0.39, 0.29) is 0 Å². The summed E-state index contributed by atoms with van der Waals surface area (Å²) in [5.41, 5.74) is 5.85. The fourth-order valence-electron chi connectivity index (χ4n) is 2.26. The second-order valence-corrected chi connectivity index (χ2v) is 5.61. The maximum Gasteiger partial charge on any atom is 0.152 e. The predicted octanol–water partition coefficient (Wildman–Crippen LogP) is 5.00. The van der Waals surface area contributed by atoms with Gasteiger partial charge in [-0.05, 0) is 44.5 Å². The number of rotatable bonds is 5. The van der Waals surface area contributed by atoms with Crippen LogP contribution in [0.1, 0.15) is 41.0 Å². The molecule has 2 rings (SSSR count). The molecule has 1 aromatic heterocycles. The normalized spacial score (nSPS) is 10.9. The first-order chi connectivity index (χ1) is 12.5. The first-order valence-electron chi connectivity index (χ1n) is 8.41. The van der Waals surface area contributed by atoms with Crippen molar-refractivity contribution in [3.05, 3.63) is 59.4 Å². The van der Waals surface area contributed by atoms with E-state index < -0.39 is 0 Å².